The first-order valence-electron chi connectivity index (χ1n) is 4.41. The molecule has 0 aliphatic carbocycles. The molecule has 3 N–H and O–H groups in total. The van der Waals surface area contributed by atoms with Crippen LogP contribution in [0.3, 0.4) is 0 Å². The van der Waals surface area contributed by atoms with Crippen LogP contribution in [0.15, 0.2) is 0 Å². The molecular weight excluding hydrogens is 176 g/mol. The molecule has 0 aromatic carbocycles. The Bertz CT molecular complexity index is 102. The molecule has 1 aliphatic heterocycles. The number of nitrogens with zero attached hydrogens (tertiary/aromatic N) is 1. The number of nitrogens with two attached hydrogens (primary N) is 1. The number of aliphatic hydroxyl groups excluding tert-OH is 1. The van der Waals surface area contributed by atoms with Gasteiger partial charge >= 0.3 is 0 Å². The van der Waals surface area contributed by atoms with Gasteiger partial charge < -0.3 is 15.7 Å². The van der Waals surface area contributed by atoms with E-state index in [0.717, 1.165) is 38.9 Å². The normalized spacial score (nSPS) is 20.5. The van der Waals surface area contributed by atoms with E-state index in [0.29, 0.717) is 12.6 Å². The SMILES string of the molecule is Cl.NC1CCN(CCCO)CC1. The lowest BCUT2D eigenvalue weighted by molar-refractivity contribution is 0.188. The van der Waals surface area contributed by atoms with E-state index < -0.39 is 0 Å². The quantitative estimate of drug-likeness (QED) is 0.676. The summed E-state index contributed by atoms with van der Waals surface area (Å²) in [6.45, 7) is 3.56. The summed E-state index contributed by atoms with van der Waals surface area (Å²) in [7, 11) is 0. The second-order valence-electron chi connectivity index (χ2n) is 3.26. The number of likely N-dealkylation sites (tertiary alicyclic amines) is 1. The molecule has 0 aromatic rings. The monoisotopic (exact) mass is 194 g/mol. The van der Waals surface area contributed by atoms with Gasteiger partial charge in [0.05, 0.1) is 0 Å². The summed E-state index contributed by atoms with van der Waals surface area (Å²) < 4.78 is 0. The maximum Gasteiger partial charge on any atom is 0.0443 e. The van der Waals surface area contributed by atoms with Gasteiger partial charge in [-0.05, 0) is 32.4 Å². The Kier molecular flexibility index (Phi) is 6.76. The zero-order valence-electron chi connectivity index (χ0n) is 7.41. The summed E-state index contributed by atoms with van der Waals surface area (Å²) in [5.41, 5.74) is 5.75. The van der Waals surface area contributed by atoms with Crippen LogP contribution in [0, 0.1) is 0 Å². The maximum atomic E-state index is 8.60. The van der Waals surface area contributed by atoms with Crippen molar-refractivity contribution >= 4 is 12.4 Å². The molecule has 4 heteroatoms. The third-order valence-corrected chi connectivity index (χ3v) is 2.26. The molecule has 1 fully saturated rings. The summed E-state index contributed by atoms with van der Waals surface area (Å²) in [4.78, 5) is 2.37. The fraction of sp³-hybridized carbons (Fsp3) is 1.00. The second-order valence-corrected chi connectivity index (χ2v) is 3.26. The highest BCUT2D eigenvalue weighted by Gasteiger charge is 2.14. The van der Waals surface area contributed by atoms with Crippen LogP contribution in [0.5, 0.6) is 0 Å². The van der Waals surface area contributed by atoms with Gasteiger partial charge in [0.25, 0.3) is 0 Å². The number of hydrogen-bond donors (Lipinski definition) is 2. The minimum atomic E-state index is 0. The van der Waals surface area contributed by atoms with E-state index in [1.807, 2.05) is 0 Å². The molecule has 1 saturated heterocycles. The smallest absolute Gasteiger partial charge is 0.0443 e. The molecule has 1 rings (SSSR count). The number of hydrogen-bond acceptors (Lipinski definition) is 3. The standard InChI is InChI=1S/C8H18N2O.ClH/c9-8-2-5-10(6-3-8)4-1-7-11;/h8,11H,1-7,9H2;1H. The fourth-order valence-electron chi connectivity index (χ4n) is 1.47. The molecule has 0 unspecified atom stereocenters. The van der Waals surface area contributed by atoms with Crippen molar-refractivity contribution in [2.75, 3.05) is 26.2 Å². The van der Waals surface area contributed by atoms with E-state index in [1.165, 1.54) is 0 Å². The van der Waals surface area contributed by atoms with Crippen LogP contribution in [0.4, 0.5) is 0 Å². The van der Waals surface area contributed by atoms with Crippen LogP contribution in [0.25, 0.3) is 0 Å². The second kappa shape index (κ2) is 6.66. The van der Waals surface area contributed by atoms with Crippen LogP contribution in [-0.4, -0.2) is 42.3 Å². The summed E-state index contributed by atoms with van der Waals surface area (Å²) in [6.07, 6.45) is 3.13. The van der Waals surface area contributed by atoms with Gasteiger partial charge in [-0.15, -0.1) is 12.4 Å². The van der Waals surface area contributed by atoms with Gasteiger partial charge in [0.15, 0.2) is 0 Å². The van der Waals surface area contributed by atoms with Crippen LogP contribution in [-0.2, 0) is 0 Å². The molecule has 0 atom stereocenters. The Hall–Kier alpha value is 0.170. The maximum absolute atomic E-state index is 8.60. The third-order valence-electron chi connectivity index (χ3n) is 2.26. The molecule has 3 nitrogen and oxygen atoms in total. The molecule has 74 valence electrons. The Morgan fingerprint density at radius 3 is 2.42 bits per heavy atom. The zero-order valence-corrected chi connectivity index (χ0v) is 8.22. The molecule has 0 amide bonds. The van der Waals surface area contributed by atoms with Gasteiger partial charge in [-0.25, -0.2) is 0 Å². The highest BCUT2D eigenvalue weighted by atomic mass is 35.5. The van der Waals surface area contributed by atoms with E-state index in [4.69, 9.17) is 10.8 Å². The van der Waals surface area contributed by atoms with Crippen LogP contribution in [0.2, 0.25) is 0 Å². The Morgan fingerprint density at radius 2 is 1.92 bits per heavy atom. The predicted octanol–water partition coefficient (Wildman–Crippen LogP) is 0.214. The summed E-state index contributed by atoms with van der Waals surface area (Å²) in [5, 5.41) is 8.60. The van der Waals surface area contributed by atoms with Gasteiger partial charge in [-0.3, -0.25) is 0 Å². The lowest BCUT2D eigenvalue weighted by atomic mass is 10.1. The minimum absolute atomic E-state index is 0. The first-order chi connectivity index (χ1) is 5.33. The molecule has 0 bridgehead atoms. The molecule has 1 heterocycles. The number of halogens is 1. The Labute approximate surface area is 80.3 Å². The largest absolute Gasteiger partial charge is 0.396 e. The van der Waals surface area contributed by atoms with Gasteiger partial charge in [0, 0.05) is 19.2 Å². The van der Waals surface area contributed by atoms with Crippen molar-refractivity contribution < 1.29 is 5.11 Å². The highest BCUT2D eigenvalue weighted by molar-refractivity contribution is 5.85. The van der Waals surface area contributed by atoms with E-state index in [-0.39, 0.29) is 12.4 Å². The molecule has 0 radical (unpaired) electrons. The number of aliphatic hydroxyl groups is 1. The minimum Gasteiger partial charge on any atom is -0.396 e. The van der Waals surface area contributed by atoms with E-state index in [9.17, 15) is 0 Å². The highest BCUT2D eigenvalue weighted by Crippen LogP contribution is 2.07. The van der Waals surface area contributed by atoms with Gasteiger partial charge in [0.2, 0.25) is 0 Å². The lowest BCUT2D eigenvalue weighted by Crippen LogP contribution is -2.40. The summed E-state index contributed by atoms with van der Waals surface area (Å²) in [5.74, 6) is 0. The Balaban J connectivity index is 0.00000121. The summed E-state index contributed by atoms with van der Waals surface area (Å²) >= 11 is 0. The van der Waals surface area contributed by atoms with Crippen LogP contribution < -0.4 is 5.73 Å². The predicted molar refractivity (Wildman–Crippen MR) is 52.6 cm³/mol. The van der Waals surface area contributed by atoms with Crippen molar-refractivity contribution in [2.24, 2.45) is 5.73 Å². The third kappa shape index (κ3) is 4.26. The van der Waals surface area contributed by atoms with E-state index in [2.05, 4.69) is 4.90 Å². The van der Waals surface area contributed by atoms with Gasteiger partial charge in [-0.2, -0.15) is 0 Å². The van der Waals surface area contributed by atoms with Crippen molar-refractivity contribution in [3.63, 3.8) is 0 Å². The molecule has 0 spiro atoms. The van der Waals surface area contributed by atoms with E-state index in [1.54, 1.807) is 0 Å². The van der Waals surface area contributed by atoms with Crippen molar-refractivity contribution in [1.29, 1.82) is 0 Å². The average molecular weight is 195 g/mol. The van der Waals surface area contributed by atoms with Crippen molar-refractivity contribution in [2.45, 2.75) is 25.3 Å². The van der Waals surface area contributed by atoms with Crippen molar-refractivity contribution in [3.05, 3.63) is 0 Å². The molecule has 12 heavy (non-hydrogen) atoms. The summed E-state index contributed by atoms with van der Waals surface area (Å²) in [6, 6.07) is 0.417. The zero-order chi connectivity index (χ0) is 8.10. The average Bonchev–Trinajstić information content (AvgIpc) is 2.04. The fourth-order valence-corrected chi connectivity index (χ4v) is 1.47. The van der Waals surface area contributed by atoms with Gasteiger partial charge in [0.1, 0.15) is 0 Å². The van der Waals surface area contributed by atoms with Gasteiger partial charge in [-0.1, -0.05) is 0 Å². The first kappa shape index (κ1) is 12.2. The van der Waals surface area contributed by atoms with Crippen molar-refractivity contribution in [3.8, 4) is 0 Å². The van der Waals surface area contributed by atoms with Crippen LogP contribution in [0.1, 0.15) is 19.3 Å². The molecular formula is C8H19ClN2O. The number of piperidine rings is 1. The topological polar surface area (TPSA) is 49.5 Å². The lowest BCUT2D eigenvalue weighted by Gasteiger charge is -2.29. The molecule has 0 saturated carbocycles. The van der Waals surface area contributed by atoms with Crippen molar-refractivity contribution in [1.82, 2.24) is 4.90 Å². The Morgan fingerprint density at radius 1 is 1.33 bits per heavy atom. The molecule has 0 aromatic heterocycles. The van der Waals surface area contributed by atoms with E-state index >= 15 is 0 Å². The first-order valence-corrected chi connectivity index (χ1v) is 4.41. The number of rotatable bonds is 3. The van der Waals surface area contributed by atoms with Crippen LogP contribution >= 0.6 is 12.4 Å². The molecule has 1 aliphatic rings.